The molecule has 0 saturated carbocycles. The molecule has 0 bridgehead atoms. The first-order valence-electron chi connectivity index (χ1n) is 13.8. The fraction of sp³-hybridized carbons (Fsp3) is 0.310. The summed E-state index contributed by atoms with van der Waals surface area (Å²) in [5.41, 5.74) is -0.231. The van der Waals surface area contributed by atoms with Gasteiger partial charge in [0.2, 0.25) is 11.9 Å². The van der Waals surface area contributed by atoms with Gasteiger partial charge in [-0.3, -0.25) is 18.9 Å². The van der Waals surface area contributed by atoms with E-state index < -0.39 is 44.8 Å². The van der Waals surface area contributed by atoms with Gasteiger partial charge in [0.1, 0.15) is 17.6 Å². The molecule has 0 radical (unpaired) electrons. The van der Waals surface area contributed by atoms with Gasteiger partial charge in [-0.05, 0) is 42.2 Å². The summed E-state index contributed by atoms with van der Waals surface area (Å²) in [5.74, 6) is -2.25. The van der Waals surface area contributed by atoms with Crippen molar-refractivity contribution in [2.75, 3.05) is 29.7 Å². The Kier molecular flexibility index (Phi) is 8.87. The van der Waals surface area contributed by atoms with Gasteiger partial charge >= 0.3 is 10.2 Å². The van der Waals surface area contributed by atoms with Gasteiger partial charge in [0.15, 0.2) is 5.82 Å². The number of nitrogens with zero attached hydrogens (tertiary/aromatic N) is 4. The van der Waals surface area contributed by atoms with Crippen molar-refractivity contribution in [2.24, 2.45) is 7.05 Å². The van der Waals surface area contributed by atoms with Gasteiger partial charge in [-0.1, -0.05) is 24.3 Å². The molecular formula is C29H30F3N7O4S. The van der Waals surface area contributed by atoms with Crippen molar-refractivity contribution < 1.29 is 26.4 Å². The number of hydrogen-bond acceptors (Lipinski definition) is 7. The molecule has 3 N–H and O–H groups in total. The summed E-state index contributed by atoms with van der Waals surface area (Å²) in [7, 11) is -2.92. The third kappa shape index (κ3) is 6.68. The minimum absolute atomic E-state index is 0.0134. The number of carbonyl (C=O) groups excluding carboxylic acids is 1. The molecule has 0 spiro atoms. The predicted molar refractivity (Wildman–Crippen MR) is 160 cm³/mol. The van der Waals surface area contributed by atoms with E-state index in [-0.39, 0.29) is 42.6 Å². The smallest absolute Gasteiger partial charge is 0.301 e. The zero-order valence-corrected chi connectivity index (χ0v) is 24.7. The normalized spacial score (nSPS) is 15.4. The van der Waals surface area contributed by atoms with E-state index in [4.69, 9.17) is 0 Å². The third-order valence-electron chi connectivity index (χ3n) is 7.21. The van der Waals surface area contributed by atoms with E-state index in [1.807, 2.05) is 29.0 Å². The van der Waals surface area contributed by atoms with E-state index in [2.05, 4.69) is 20.6 Å². The number of anilines is 2. The summed E-state index contributed by atoms with van der Waals surface area (Å²) >= 11 is 0. The van der Waals surface area contributed by atoms with Crippen LogP contribution in [0.15, 0.2) is 53.5 Å². The fourth-order valence-electron chi connectivity index (χ4n) is 4.94. The largest absolute Gasteiger partial charge is 0.354 e. The van der Waals surface area contributed by atoms with Crippen LogP contribution in [0.4, 0.5) is 24.8 Å². The Bertz CT molecular complexity index is 1900. The first-order valence-corrected chi connectivity index (χ1v) is 15.2. The number of amides is 1. The molecule has 1 fully saturated rings. The van der Waals surface area contributed by atoms with Crippen molar-refractivity contribution in [3.63, 3.8) is 0 Å². The van der Waals surface area contributed by atoms with Gasteiger partial charge in [0.05, 0.1) is 16.8 Å². The molecule has 2 aromatic heterocycles. The lowest BCUT2D eigenvalue weighted by atomic mass is 10.0. The quantitative estimate of drug-likeness (QED) is 0.245. The average Bonchev–Trinajstić information content (AvgIpc) is 3.44. The van der Waals surface area contributed by atoms with Crippen molar-refractivity contribution in [3.8, 4) is 11.1 Å². The van der Waals surface area contributed by atoms with Crippen LogP contribution >= 0.6 is 0 Å². The van der Waals surface area contributed by atoms with E-state index >= 15 is 4.39 Å². The Morgan fingerprint density at radius 1 is 1.14 bits per heavy atom. The number of aryl methyl sites for hydroxylation is 1. The van der Waals surface area contributed by atoms with Crippen LogP contribution in [0.2, 0.25) is 0 Å². The SMILES string of the molecule is CC(=O)NCc1cccc(CCNc2ncc3cc(-c4c(F)ccc(NS(=O)(=O)N5CC[C@@H](F)C5)c4F)c(=O)n(C)c3n2)c1. The average molecular weight is 630 g/mol. The molecule has 0 aliphatic carbocycles. The highest BCUT2D eigenvalue weighted by molar-refractivity contribution is 7.90. The highest BCUT2D eigenvalue weighted by Crippen LogP contribution is 2.31. The van der Waals surface area contributed by atoms with Crippen molar-refractivity contribution in [1.29, 1.82) is 0 Å². The summed E-state index contributed by atoms with van der Waals surface area (Å²) in [5, 5.41) is 6.17. The molecule has 0 unspecified atom stereocenters. The number of nitrogens with one attached hydrogen (secondary N) is 3. The number of carbonyl (C=O) groups is 1. The Balaban J connectivity index is 1.37. The maximum Gasteiger partial charge on any atom is 0.301 e. The maximum atomic E-state index is 15.6. The van der Waals surface area contributed by atoms with Crippen molar-refractivity contribution in [2.45, 2.75) is 32.5 Å². The van der Waals surface area contributed by atoms with Gasteiger partial charge in [-0.15, -0.1) is 0 Å². The number of alkyl halides is 1. The van der Waals surface area contributed by atoms with Crippen LogP contribution in [0.25, 0.3) is 22.2 Å². The fourth-order valence-corrected chi connectivity index (χ4v) is 6.21. The minimum Gasteiger partial charge on any atom is -0.354 e. The molecule has 2 aromatic carbocycles. The zero-order chi connectivity index (χ0) is 31.6. The standard InChI is InChI=1S/C29H30F3N7O4S/c1-17(40)34-14-19-5-3-4-18(12-19)8-10-33-29-35-15-20-13-22(28(41)38(2)27(20)36-29)25-23(31)6-7-24(26(25)32)37-44(42,43)39-11-9-21(30)16-39/h3-7,12-13,15,21,37H,8-11,14,16H2,1-2H3,(H,34,40)(H,33,35,36)/t21-/m1/s1. The number of benzene rings is 2. The van der Waals surface area contributed by atoms with E-state index in [0.29, 0.717) is 24.9 Å². The molecule has 1 aliphatic heterocycles. The van der Waals surface area contributed by atoms with Crippen LogP contribution < -0.4 is 20.9 Å². The monoisotopic (exact) mass is 629 g/mol. The van der Waals surface area contributed by atoms with Crippen LogP contribution in [0.5, 0.6) is 0 Å². The summed E-state index contributed by atoms with van der Waals surface area (Å²) in [6.07, 6.45) is 0.709. The number of fused-ring (bicyclic) bond motifs is 1. The predicted octanol–water partition coefficient (Wildman–Crippen LogP) is 3.26. The lowest BCUT2D eigenvalue weighted by Gasteiger charge is -2.18. The number of halogens is 3. The minimum atomic E-state index is -4.32. The Morgan fingerprint density at radius 2 is 1.91 bits per heavy atom. The molecule has 1 aliphatic rings. The number of hydrogen-bond donors (Lipinski definition) is 3. The molecule has 3 heterocycles. The van der Waals surface area contributed by atoms with Crippen molar-refractivity contribution in [1.82, 2.24) is 24.2 Å². The van der Waals surface area contributed by atoms with Crippen LogP contribution in [0.1, 0.15) is 24.5 Å². The summed E-state index contributed by atoms with van der Waals surface area (Å²) in [4.78, 5) is 33.2. The molecule has 4 aromatic rings. The Morgan fingerprint density at radius 3 is 2.64 bits per heavy atom. The zero-order valence-electron chi connectivity index (χ0n) is 23.9. The molecule has 1 amide bonds. The van der Waals surface area contributed by atoms with Crippen molar-refractivity contribution >= 4 is 38.8 Å². The lowest BCUT2D eigenvalue weighted by molar-refractivity contribution is -0.119. The summed E-state index contributed by atoms with van der Waals surface area (Å²) in [6, 6.07) is 10.7. The molecule has 44 heavy (non-hydrogen) atoms. The van der Waals surface area contributed by atoms with Crippen LogP contribution in [0, 0.1) is 11.6 Å². The molecule has 1 atom stereocenters. The topological polar surface area (TPSA) is 138 Å². The second-order valence-corrected chi connectivity index (χ2v) is 12.1. The molecule has 11 nitrogen and oxygen atoms in total. The van der Waals surface area contributed by atoms with E-state index in [0.717, 1.165) is 32.1 Å². The third-order valence-corrected chi connectivity index (χ3v) is 8.70. The van der Waals surface area contributed by atoms with Gasteiger partial charge < -0.3 is 10.6 Å². The van der Waals surface area contributed by atoms with Crippen LogP contribution in [0.3, 0.4) is 0 Å². The first-order chi connectivity index (χ1) is 20.9. The van der Waals surface area contributed by atoms with Gasteiger partial charge in [0, 0.05) is 51.7 Å². The highest BCUT2D eigenvalue weighted by Gasteiger charge is 2.32. The molecule has 5 rings (SSSR count). The van der Waals surface area contributed by atoms with E-state index in [9.17, 15) is 26.8 Å². The Hall–Kier alpha value is -4.50. The van der Waals surface area contributed by atoms with Crippen LogP contribution in [-0.2, 0) is 35.0 Å². The van der Waals surface area contributed by atoms with Gasteiger partial charge in [0.25, 0.3) is 5.56 Å². The molecule has 15 heteroatoms. The van der Waals surface area contributed by atoms with Gasteiger partial charge in [-0.2, -0.15) is 17.7 Å². The molecule has 232 valence electrons. The second-order valence-electron chi connectivity index (χ2n) is 10.4. The Labute approximate surface area is 251 Å². The van der Waals surface area contributed by atoms with Gasteiger partial charge in [-0.25, -0.2) is 18.2 Å². The lowest BCUT2D eigenvalue weighted by Crippen LogP contribution is -2.34. The molecular weight excluding hydrogens is 599 g/mol. The molecule has 1 saturated heterocycles. The number of rotatable bonds is 10. The highest BCUT2D eigenvalue weighted by atomic mass is 32.2. The maximum absolute atomic E-state index is 15.6. The number of aromatic nitrogens is 3. The summed E-state index contributed by atoms with van der Waals surface area (Å²) in [6.45, 7) is 1.88. The van der Waals surface area contributed by atoms with E-state index in [1.165, 1.54) is 26.2 Å². The summed E-state index contributed by atoms with van der Waals surface area (Å²) < 4.78 is 73.5. The second kappa shape index (κ2) is 12.6. The van der Waals surface area contributed by atoms with Crippen LogP contribution in [-0.4, -0.2) is 59.0 Å². The first kappa shape index (κ1) is 30.9. The van der Waals surface area contributed by atoms with Crippen molar-refractivity contribution in [3.05, 3.63) is 81.8 Å². The number of pyridine rings is 1. The van der Waals surface area contributed by atoms with E-state index in [1.54, 1.807) is 0 Å².